The number of aromatic nitrogens is 2. The Morgan fingerprint density at radius 3 is 2.50 bits per heavy atom. The summed E-state index contributed by atoms with van der Waals surface area (Å²) in [5, 5.41) is 1.20. The summed E-state index contributed by atoms with van der Waals surface area (Å²) in [6.45, 7) is 0. The molecule has 0 aliphatic heterocycles. The standard InChI is InChI=1S/C17H15N3O2/c1-20(22-2)17(21)14-5-3-4-12(10-14)13-6-7-15-16(11-13)19-9-8-18-15/h3-11H,1-2H3. The zero-order valence-corrected chi connectivity index (χ0v) is 12.4. The minimum absolute atomic E-state index is 0.190. The second-order valence-electron chi connectivity index (χ2n) is 4.83. The molecule has 1 aromatic heterocycles. The maximum Gasteiger partial charge on any atom is 0.277 e. The first kappa shape index (κ1) is 14.2. The molecule has 0 aliphatic carbocycles. The number of amides is 1. The molecule has 0 N–H and O–H groups in total. The lowest BCUT2D eigenvalue weighted by Gasteiger charge is -2.14. The van der Waals surface area contributed by atoms with Crippen molar-refractivity contribution in [2.75, 3.05) is 14.2 Å². The summed E-state index contributed by atoms with van der Waals surface area (Å²) in [5.41, 5.74) is 4.18. The van der Waals surface area contributed by atoms with E-state index in [1.165, 1.54) is 12.2 Å². The number of carbonyl (C=O) groups is 1. The van der Waals surface area contributed by atoms with E-state index in [9.17, 15) is 4.79 Å². The quantitative estimate of drug-likeness (QED) is 0.697. The molecule has 22 heavy (non-hydrogen) atoms. The van der Waals surface area contributed by atoms with Gasteiger partial charge in [0.15, 0.2) is 0 Å². The van der Waals surface area contributed by atoms with Crippen LogP contribution in [0.5, 0.6) is 0 Å². The lowest BCUT2D eigenvalue weighted by atomic mass is 10.0. The second-order valence-corrected chi connectivity index (χ2v) is 4.83. The molecule has 3 rings (SSSR count). The number of hydrogen-bond donors (Lipinski definition) is 0. The van der Waals surface area contributed by atoms with Gasteiger partial charge in [-0.1, -0.05) is 18.2 Å². The van der Waals surface area contributed by atoms with Gasteiger partial charge in [-0.2, -0.15) is 0 Å². The molecule has 0 aliphatic rings. The molecule has 0 atom stereocenters. The van der Waals surface area contributed by atoms with Crippen LogP contribution >= 0.6 is 0 Å². The Morgan fingerprint density at radius 2 is 1.73 bits per heavy atom. The van der Waals surface area contributed by atoms with E-state index in [-0.39, 0.29) is 5.91 Å². The van der Waals surface area contributed by atoms with Gasteiger partial charge in [0.2, 0.25) is 0 Å². The minimum atomic E-state index is -0.190. The number of nitrogens with zero attached hydrogens (tertiary/aromatic N) is 3. The summed E-state index contributed by atoms with van der Waals surface area (Å²) >= 11 is 0. The normalized spacial score (nSPS) is 10.6. The largest absolute Gasteiger partial charge is 0.277 e. The summed E-state index contributed by atoms with van der Waals surface area (Å²) in [6.07, 6.45) is 3.33. The van der Waals surface area contributed by atoms with Gasteiger partial charge >= 0.3 is 0 Å². The Labute approximate surface area is 128 Å². The van der Waals surface area contributed by atoms with Gasteiger partial charge < -0.3 is 0 Å². The molecule has 0 spiro atoms. The van der Waals surface area contributed by atoms with Gasteiger partial charge in [-0.15, -0.1) is 0 Å². The smallest absolute Gasteiger partial charge is 0.274 e. The number of hydrogen-bond acceptors (Lipinski definition) is 4. The van der Waals surface area contributed by atoms with Crippen molar-refractivity contribution in [2.24, 2.45) is 0 Å². The molecule has 2 aromatic carbocycles. The van der Waals surface area contributed by atoms with E-state index in [1.807, 2.05) is 36.4 Å². The van der Waals surface area contributed by atoms with Crippen LogP contribution in [0.1, 0.15) is 10.4 Å². The molecule has 1 amide bonds. The molecule has 0 saturated carbocycles. The van der Waals surface area contributed by atoms with Gasteiger partial charge in [0.25, 0.3) is 5.91 Å². The van der Waals surface area contributed by atoms with Gasteiger partial charge in [0.05, 0.1) is 18.1 Å². The Kier molecular flexibility index (Phi) is 3.80. The molecule has 0 fully saturated rings. The molecule has 110 valence electrons. The third-order valence-electron chi connectivity index (χ3n) is 3.47. The van der Waals surface area contributed by atoms with Gasteiger partial charge in [0.1, 0.15) is 0 Å². The van der Waals surface area contributed by atoms with Crippen molar-refractivity contribution in [2.45, 2.75) is 0 Å². The summed E-state index contributed by atoms with van der Waals surface area (Å²) in [5.74, 6) is -0.190. The highest BCUT2D eigenvalue weighted by molar-refractivity contribution is 5.95. The molecule has 1 heterocycles. The molecule has 0 unspecified atom stereocenters. The Morgan fingerprint density at radius 1 is 1.00 bits per heavy atom. The third-order valence-corrected chi connectivity index (χ3v) is 3.47. The second kappa shape index (κ2) is 5.91. The maximum atomic E-state index is 12.2. The number of hydroxylamine groups is 2. The minimum Gasteiger partial charge on any atom is -0.274 e. The molecule has 0 radical (unpaired) electrons. The van der Waals surface area contributed by atoms with Crippen molar-refractivity contribution in [3.63, 3.8) is 0 Å². The van der Waals surface area contributed by atoms with E-state index in [1.54, 1.807) is 25.5 Å². The van der Waals surface area contributed by atoms with Crippen LogP contribution in [0.4, 0.5) is 0 Å². The first-order valence-corrected chi connectivity index (χ1v) is 6.82. The summed E-state index contributed by atoms with van der Waals surface area (Å²) < 4.78 is 0. The van der Waals surface area contributed by atoms with E-state index in [0.717, 1.165) is 22.2 Å². The Hall–Kier alpha value is -2.79. The van der Waals surface area contributed by atoms with Crippen molar-refractivity contribution in [1.29, 1.82) is 0 Å². The van der Waals surface area contributed by atoms with Crippen LogP contribution in [0.3, 0.4) is 0 Å². The number of carbonyl (C=O) groups excluding carboxylic acids is 1. The van der Waals surface area contributed by atoms with Crippen molar-refractivity contribution in [3.05, 3.63) is 60.4 Å². The molecule has 5 nitrogen and oxygen atoms in total. The first-order valence-electron chi connectivity index (χ1n) is 6.82. The molecule has 0 saturated heterocycles. The van der Waals surface area contributed by atoms with Gasteiger partial charge in [-0.25, -0.2) is 5.06 Å². The number of fused-ring (bicyclic) bond motifs is 1. The predicted molar refractivity (Wildman–Crippen MR) is 84.1 cm³/mol. The summed E-state index contributed by atoms with van der Waals surface area (Å²) in [6, 6.07) is 13.3. The fourth-order valence-corrected chi connectivity index (χ4v) is 2.24. The summed E-state index contributed by atoms with van der Waals surface area (Å²) in [7, 11) is 3.05. The zero-order valence-electron chi connectivity index (χ0n) is 12.4. The highest BCUT2D eigenvalue weighted by Crippen LogP contribution is 2.23. The van der Waals surface area contributed by atoms with Crippen LogP contribution < -0.4 is 0 Å². The average molecular weight is 293 g/mol. The van der Waals surface area contributed by atoms with E-state index in [0.29, 0.717) is 5.56 Å². The SMILES string of the molecule is CON(C)C(=O)c1cccc(-c2ccc3nccnc3c2)c1. The molecular weight excluding hydrogens is 278 g/mol. The average Bonchev–Trinajstić information content (AvgIpc) is 2.60. The van der Waals surface area contributed by atoms with Crippen LogP contribution in [0.25, 0.3) is 22.2 Å². The molecule has 0 bridgehead atoms. The van der Waals surface area contributed by atoms with Gasteiger partial charge in [-0.3, -0.25) is 19.6 Å². The van der Waals surface area contributed by atoms with Crippen molar-refractivity contribution in [1.82, 2.24) is 15.0 Å². The Bertz CT molecular complexity index is 833. The topological polar surface area (TPSA) is 55.3 Å². The molecule has 5 heteroatoms. The van der Waals surface area contributed by atoms with Crippen LogP contribution in [0.2, 0.25) is 0 Å². The third kappa shape index (κ3) is 2.66. The van der Waals surface area contributed by atoms with Crippen LogP contribution in [-0.2, 0) is 4.84 Å². The van der Waals surface area contributed by atoms with E-state index in [2.05, 4.69) is 9.97 Å². The monoisotopic (exact) mass is 293 g/mol. The highest BCUT2D eigenvalue weighted by Gasteiger charge is 2.12. The van der Waals surface area contributed by atoms with Gasteiger partial charge in [-0.05, 0) is 35.4 Å². The van der Waals surface area contributed by atoms with Crippen molar-refractivity contribution in [3.8, 4) is 11.1 Å². The van der Waals surface area contributed by atoms with E-state index >= 15 is 0 Å². The van der Waals surface area contributed by atoms with E-state index < -0.39 is 0 Å². The highest BCUT2D eigenvalue weighted by atomic mass is 16.7. The fraction of sp³-hybridized carbons (Fsp3) is 0.118. The predicted octanol–water partition coefficient (Wildman–Crippen LogP) is 2.93. The van der Waals surface area contributed by atoms with Crippen LogP contribution in [-0.4, -0.2) is 35.1 Å². The van der Waals surface area contributed by atoms with Crippen molar-refractivity contribution < 1.29 is 9.63 Å². The maximum absolute atomic E-state index is 12.2. The lowest BCUT2D eigenvalue weighted by molar-refractivity contribution is -0.0756. The summed E-state index contributed by atoms with van der Waals surface area (Å²) in [4.78, 5) is 25.7. The van der Waals surface area contributed by atoms with Crippen LogP contribution in [0, 0.1) is 0 Å². The van der Waals surface area contributed by atoms with E-state index in [4.69, 9.17) is 4.84 Å². The Balaban J connectivity index is 2.01. The number of benzene rings is 2. The van der Waals surface area contributed by atoms with Crippen LogP contribution in [0.15, 0.2) is 54.9 Å². The van der Waals surface area contributed by atoms with Crippen molar-refractivity contribution >= 4 is 16.9 Å². The first-order chi connectivity index (χ1) is 10.7. The lowest BCUT2D eigenvalue weighted by Crippen LogP contribution is -2.25. The fourth-order valence-electron chi connectivity index (χ4n) is 2.24. The molecular formula is C17H15N3O2. The molecule has 3 aromatic rings. The zero-order chi connectivity index (χ0) is 15.5. The van der Waals surface area contributed by atoms with Gasteiger partial charge in [0, 0.05) is 25.0 Å². The number of rotatable bonds is 3.